The van der Waals surface area contributed by atoms with E-state index in [1.807, 2.05) is 17.0 Å². The second-order valence-electron chi connectivity index (χ2n) is 7.40. The van der Waals surface area contributed by atoms with Gasteiger partial charge in [-0.1, -0.05) is 45.2 Å². The lowest BCUT2D eigenvalue weighted by atomic mass is 9.94. The molecule has 0 unspecified atom stereocenters. The van der Waals surface area contributed by atoms with E-state index in [-0.39, 0.29) is 5.91 Å². The molecule has 1 aromatic carbocycles. The number of piperazine rings is 1. The first-order chi connectivity index (χ1) is 11.1. The van der Waals surface area contributed by atoms with E-state index in [0.29, 0.717) is 5.92 Å². The Morgan fingerprint density at radius 1 is 0.957 bits per heavy atom. The topological polar surface area (TPSA) is 23.6 Å². The van der Waals surface area contributed by atoms with E-state index < -0.39 is 0 Å². The van der Waals surface area contributed by atoms with Crippen LogP contribution in [-0.4, -0.2) is 47.9 Å². The van der Waals surface area contributed by atoms with E-state index in [1.165, 1.54) is 37.7 Å². The quantitative estimate of drug-likeness (QED) is 0.845. The first kappa shape index (κ1) is 16.5. The van der Waals surface area contributed by atoms with E-state index in [0.717, 1.165) is 37.8 Å². The van der Waals surface area contributed by atoms with Gasteiger partial charge in [0.25, 0.3) is 5.91 Å². The van der Waals surface area contributed by atoms with Gasteiger partial charge in [0.1, 0.15) is 0 Å². The minimum Gasteiger partial charge on any atom is -0.336 e. The molecule has 0 atom stereocenters. The van der Waals surface area contributed by atoms with Crippen LogP contribution in [0.25, 0.3) is 0 Å². The van der Waals surface area contributed by atoms with Gasteiger partial charge in [-0.2, -0.15) is 0 Å². The third-order valence-electron chi connectivity index (χ3n) is 5.52. The van der Waals surface area contributed by atoms with E-state index in [1.54, 1.807) is 0 Å². The lowest BCUT2D eigenvalue weighted by Crippen LogP contribution is -2.52. The summed E-state index contributed by atoms with van der Waals surface area (Å²) >= 11 is 0. The van der Waals surface area contributed by atoms with E-state index in [9.17, 15) is 4.79 Å². The first-order valence-electron chi connectivity index (χ1n) is 9.28. The first-order valence-corrected chi connectivity index (χ1v) is 9.28. The standard InChI is InChI=1S/C20H30N2O/c1-16(2)17-8-10-18(11-9-17)20(23)22-14-12-21(13-15-22)19-6-4-3-5-7-19/h8-11,16,19H,3-7,12-15H2,1-2H3. The van der Waals surface area contributed by atoms with E-state index >= 15 is 0 Å². The molecule has 0 spiro atoms. The zero-order valence-electron chi connectivity index (χ0n) is 14.6. The molecule has 2 fully saturated rings. The summed E-state index contributed by atoms with van der Waals surface area (Å²) in [5.74, 6) is 0.710. The summed E-state index contributed by atoms with van der Waals surface area (Å²) < 4.78 is 0. The Labute approximate surface area is 140 Å². The van der Waals surface area contributed by atoms with Crippen molar-refractivity contribution in [3.63, 3.8) is 0 Å². The van der Waals surface area contributed by atoms with Crippen molar-refractivity contribution in [2.45, 2.75) is 57.9 Å². The van der Waals surface area contributed by atoms with Crippen LogP contribution >= 0.6 is 0 Å². The molecule has 3 heteroatoms. The lowest BCUT2D eigenvalue weighted by molar-refractivity contribution is 0.0523. The van der Waals surface area contributed by atoms with Crippen LogP contribution in [0.5, 0.6) is 0 Å². The van der Waals surface area contributed by atoms with Crippen molar-refractivity contribution in [2.24, 2.45) is 0 Å². The number of rotatable bonds is 3. The molecule has 0 bridgehead atoms. The summed E-state index contributed by atoms with van der Waals surface area (Å²) in [5, 5.41) is 0. The second-order valence-corrected chi connectivity index (χ2v) is 7.40. The summed E-state index contributed by atoms with van der Waals surface area (Å²) in [6, 6.07) is 8.94. The highest BCUT2D eigenvalue weighted by molar-refractivity contribution is 5.94. The molecule has 1 saturated heterocycles. The minimum atomic E-state index is 0.198. The Bertz CT molecular complexity index is 509. The molecule has 23 heavy (non-hydrogen) atoms. The molecule has 0 N–H and O–H groups in total. The van der Waals surface area contributed by atoms with Crippen LogP contribution in [0, 0.1) is 0 Å². The second kappa shape index (κ2) is 7.48. The molecular formula is C20H30N2O. The fourth-order valence-corrected chi connectivity index (χ4v) is 3.93. The van der Waals surface area contributed by atoms with Crippen LogP contribution in [-0.2, 0) is 0 Å². The van der Waals surface area contributed by atoms with Crippen LogP contribution in [0.4, 0.5) is 0 Å². The summed E-state index contributed by atoms with van der Waals surface area (Å²) in [5.41, 5.74) is 2.13. The summed E-state index contributed by atoms with van der Waals surface area (Å²) in [6.45, 7) is 8.20. The third-order valence-corrected chi connectivity index (χ3v) is 5.52. The van der Waals surface area contributed by atoms with E-state index in [2.05, 4.69) is 30.9 Å². The fourth-order valence-electron chi connectivity index (χ4n) is 3.93. The van der Waals surface area contributed by atoms with Gasteiger partial charge < -0.3 is 4.90 Å². The highest BCUT2D eigenvalue weighted by Gasteiger charge is 2.27. The van der Waals surface area contributed by atoms with Crippen molar-refractivity contribution in [1.82, 2.24) is 9.80 Å². The number of hydrogen-bond donors (Lipinski definition) is 0. The van der Waals surface area contributed by atoms with Gasteiger partial charge in [-0.15, -0.1) is 0 Å². The van der Waals surface area contributed by atoms with Gasteiger partial charge in [0.15, 0.2) is 0 Å². The molecule has 3 rings (SSSR count). The van der Waals surface area contributed by atoms with Crippen LogP contribution < -0.4 is 0 Å². The number of carbonyl (C=O) groups excluding carboxylic acids is 1. The largest absolute Gasteiger partial charge is 0.336 e. The van der Waals surface area contributed by atoms with Crippen molar-refractivity contribution in [2.75, 3.05) is 26.2 Å². The molecule has 1 amide bonds. The molecule has 1 aliphatic carbocycles. The molecule has 1 heterocycles. The van der Waals surface area contributed by atoms with Gasteiger partial charge in [-0.05, 0) is 36.5 Å². The summed E-state index contributed by atoms with van der Waals surface area (Å²) in [7, 11) is 0. The van der Waals surface area contributed by atoms with Gasteiger partial charge in [0.05, 0.1) is 0 Å². The highest BCUT2D eigenvalue weighted by atomic mass is 16.2. The van der Waals surface area contributed by atoms with Crippen LogP contribution in [0.1, 0.15) is 67.8 Å². The SMILES string of the molecule is CC(C)c1ccc(C(=O)N2CCN(C3CCCCC3)CC2)cc1. The zero-order valence-corrected chi connectivity index (χ0v) is 14.6. The Kier molecular flexibility index (Phi) is 5.37. The van der Waals surface area contributed by atoms with Gasteiger partial charge in [0, 0.05) is 37.8 Å². The molecule has 2 aliphatic rings. The summed E-state index contributed by atoms with van der Waals surface area (Å²) in [6.07, 6.45) is 6.87. The average Bonchev–Trinajstić information content (AvgIpc) is 2.62. The Hall–Kier alpha value is -1.35. The molecule has 1 aromatic rings. The Morgan fingerprint density at radius 3 is 2.13 bits per heavy atom. The van der Waals surface area contributed by atoms with E-state index in [4.69, 9.17) is 0 Å². The average molecular weight is 314 g/mol. The molecule has 126 valence electrons. The molecular weight excluding hydrogens is 284 g/mol. The third kappa shape index (κ3) is 3.95. The maximum atomic E-state index is 12.7. The van der Waals surface area contributed by atoms with Gasteiger partial charge in [-0.3, -0.25) is 9.69 Å². The van der Waals surface area contributed by atoms with Crippen molar-refractivity contribution >= 4 is 5.91 Å². The highest BCUT2D eigenvalue weighted by Crippen LogP contribution is 2.24. The molecule has 3 nitrogen and oxygen atoms in total. The Balaban J connectivity index is 1.55. The maximum Gasteiger partial charge on any atom is 0.253 e. The van der Waals surface area contributed by atoms with Gasteiger partial charge in [0.2, 0.25) is 0 Å². The molecule has 0 aromatic heterocycles. The van der Waals surface area contributed by atoms with Gasteiger partial charge in [-0.25, -0.2) is 0 Å². The van der Waals surface area contributed by atoms with Crippen molar-refractivity contribution < 1.29 is 4.79 Å². The van der Waals surface area contributed by atoms with Crippen LogP contribution in [0.2, 0.25) is 0 Å². The number of carbonyl (C=O) groups is 1. The monoisotopic (exact) mass is 314 g/mol. The maximum absolute atomic E-state index is 12.7. The predicted molar refractivity (Wildman–Crippen MR) is 94.9 cm³/mol. The number of nitrogens with zero attached hydrogens (tertiary/aromatic N) is 2. The molecule has 1 aliphatic heterocycles. The van der Waals surface area contributed by atoms with Crippen molar-refractivity contribution in [3.05, 3.63) is 35.4 Å². The van der Waals surface area contributed by atoms with Crippen molar-refractivity contribution in [3.8, 4) is 0 Å². The molecule has 1 saturated carbocycles. The smallest absolute Gasteiger partial charge is 0.253 e. The lowest BCUT2D eigenvalue weighted by Gasteiger charge is -2.40. The Morgan fingerprint density at radius 2 is 1.57 bits per heavy atom. The predicted octanol–water partition coefficient (Wildman–Crippen LogP) is 3.90. The fraction of sp³-hybridized carbons (Fsp3) is 0.650. The van der Waals surface area contributed by atoms with Gasteiger partial charge >= 0.3 is 0 Å². The molecule has 0 radical (unpaired) electrons. The number of benzene rings is 1. The summed E-state index contributed by atoms with van der Waals surface area (Å²) in [4.78, 5) is 17.3. The normalized spacial score (nSPS) is 20.9. The van der Waals surface area contributed by atoms with Crippen LogP contribution in [0.3, 0.4) is 0 Å². The number of amides is 1. The number of hydrogen-bond acceptors (Lipinski definition) is 2. The van der Waals surface area contributed by atoms with Crippen molar-refractivity contribution in [1.29, 1.82) is 0 Å². The minimum absolute atomic E-state index is 0.198. The van der Waals surface area contributed by atoms with Crippen LogP contribution in [0.15, 0.2) is 24.3 Å². The zero-order chi connectivity index (χ0) is 16.2.